The molecule has 4 aromatic carbocycles. The molecule has 0 unspecified atom stereocenters. The predicted molar refractivity (Wildman–Crippen MR) is 165 cm³/mol. The average Bonchev–Trinajstić information content (AvgIpc) is 3.38. The summed E-state index contributed by atoms with van der Waals surface area (Å²) in [6.07, 6.45) is 0. The van der Waals surface area contributed by atoms with Gasteiger partial charge in [-0.1, -0.05) is 60.7 Å². The third kappa shape index (κ3) is 5.68. The fraction of sp³-hybridized carbons (Fsp3) is 0.194. The number of rotatable bonds is 7. The van der Waals surface area contributed by atoms with Crippen molar-refractivity contribution >= 4 is 5.91 Å². The van der Waals surface area contributed by atoms with Crippen LogP contribution in [0.4, 0.5) is 8.78 Å². The molecule has 0 radical (unpaired) electrons. The molecule has 2 heterocycles. The first-order valence-corrected chi connectivity index (χ1v) is 14.4. The van der Waals surface area contributed by atoms with Gasteiger partial charge in [-0.15, -0.1) is 0 Å². The van der Waals surface area contributed by atoms with Gasteiger partial charge in [0.05, 0.1) is 30.1 Å². The number of methoxy groups -OCH3 is 1. The van der Waals surface area contributed by atoms with E-state index in [4.69, 9.17) is 4.74 Å². The molecule has 1 aromatic heterocycles. The molecule has 1 amide bonds. The molecular formula is C36H33F2N3O2. The Morgan fingerprint density at radius 3 is 1.93 bits per heavy atom. The molecule has 7 heteroatoms. The van der Waals surface area contributed by atoms with Crippen molar-refractivity contribution in [3.8, 4) is 22.7 Å². The Hall–Kier alpha value is -4.75. The van der Waals surface area contributed by atoms with Gasteiger partial charge in [-0.2, -0.15) is 0 Å². The van der Waals surface area contributed by atoms with E-state index in [9.17, 15) is 9.18 Å². The van der Waals surface area contributed by atoms with Crippen molar-refractivity contribution in [3.63, 3.8) is 0 Å². The third-order valence-electron chi connectivity index (χ3n) is 8.21. The van der Waals surface area contributed by atoms with Gasteiger partial charge in [0, 0.05) is 37.9 Å². The fourth-order valence-corrected chi connectivity index (χ4v) is 6.01. The van der Waals surface area contributed by atoms with E-state index in [1.807, 2.05) is 47.4 Å². The summed E-state index contributed by atoms with van der Waals surface area (Å²) in [4.78, 5) is 18.3. The van der Waals surface area contributed by atoms with Crippen molar-refractivity contribution in [1.82, 2.24) is 14.4 Å². The molecule has 1 aliphatic rings. The summed E-state index contributed by atoms with van der Waals surface area (Å²) in [6, 6.07) is 33.6. The Labute approximate surface area is 250 Å². The summed E-state index contributed by atoms with van der Waals surface area (Å²) in [7, 11) is 1.59. The highest BCUT2D eigenvalue weighted by Crippen LogP contribution is 2.34. The van der Waals surface area contributed by atoms with Crippen LogP contribution in [0.2, 0.25) is 0 Å². The van der Waals surface area contributed by atoms with E-state index in [1.54, 1.807) is 18.6 Å². The van der Waals surface area contributed by atoms with Crippen LogP contribution in [0.3, 0.4) is 0 Å². The predicted octanol–water partition coefficient (Wildman–Crippen LogP) is 7.29. The molecular weight excluding hydrogens is 544 g/mol. The van der Waals surface area contributed by atoms with Gasteiger partial charge < -0.3 is 14.2 Å². The lowest BCUT2D eigenvalue weighted by Crippen LogP contribution is -2.50. The quantitative estimate of drug-likeness (QED) is 0.204. The highest BCUT2D eigenvalue weighted by Gasteiger charge is 2.30. The van der Waals surface area contributed by atoms with Crippen molar-refractivity contribution < 1.29 is 18.3 Å². The minimum absolute atomic E-state index is 0.0885. The minimum atomic E-state index is -0.700. The first-order valence-electron chi connectivity index (χ1n) is 14.4. The number of amides is 1. The van der Waals surface area contributed by atoms with Gasteiger partial charge >= 0.3 is 0 Å². The van der Waals surface area contributed by atoms with E-state index in [2.05, 4.69) is 53.4 Å². The first kappa shape index (κ1) is 28.4. The topological polar surface area (TPSA) is 37.7 Å². The van der Waals surface area contributed by atoms with Crippen LogP contribution in [0.15, 0.2) is 109 Å². The number of benzene rings is 4. The number of nitrogens with zero attached hydrogens (tertiary/aromatic N) is 3. The van der Waals surface area contributed by atoms with E-state index >= 15 is 4.39 Å². The summed E-state index contributed by atoms with van der Waals surface area (Å²) >= 11 is 0. The second-order valence-electron chi connectivity index (χ2n) is 10.7. The molecule has 1 saturated heterocycles. The number of carbonyl (C=O) groups is 1. The lowest BCUT2D eigenvalue weighted by atomic mass is 9.96. The lowest BCUT2D eigenvalue weighted by Gasteiger charge is -2.39. The number of hydrogen-bond acceptors (Lipinski definition) is 3. The molecule has 5 aromatic rings. The van der Waals surface area contributed by atoms with Gasteiger partial charge in [-0.25, -0.2) is 8.78 Å². The minimum Gasteiger partial charge on any atom is -0.497 e. The molecule has 0 saturated carbocycles. The maximum absolute atomic E-state index is 15.1. The summed E-state index contributed by atoms with van der Waals surface area (Å²) in [5, 5.41) is 0. The maximum Gasteiger partial charge on any atom is 0.255 e. The summed E-state index contributed by atoms with van der Waals surface area (Å²) in [6.45, 7) is 4.33. The van der Waals surface area contributed by atoms with Crippen LogP contribution in [0, 0.1) is 18.6 Å². The third-order valence-corrected chi connectivity index (χ3v) is 8.21. The number of piperazine rings is 1. The molecule has 0 atom stereocenters. The zero-order chi connectivity index (χ0) is 29.9. The molecule has 6 rings (SSSR count). The van der Waals surface area contributed by atoms with Crippen molar-refractivity contribution in [2.75, 3.05) is 33.3 Å². The van der Waals surface area contributed by atoms with E-state index in [-0.39, 0.29) is 17.6 Å². The summed E-state index contributed by atoms with van der Waals surface area (Å²) in [5.41, 5.74) is 5.12. The Bertz CT molecular complexity index is 1670. The molecule has 0 aliphatic carbocycles. The smallest absolute Gasteiger partial charge is 0.255 e. The monoisotopic (exact) mass is 577 g/mol. The summed E-state index contributed by atoms with van der Waals surface area (Å²) in [5.74, 6) is -0.779. The molecule has 0 spiro atoms. The van der Waals surface area contributed by atoms with Gasteiger partial charge in [-0.05, 0) is 66.1 Å². The molecule has 1 aliphatic heterocycles. The fourth-order valence-electron chi connectivity index (χ4n) is 6.01. The molecule has 1 fully saturated rings. The van der Waals surface area contributed by atoms with Crippen LogP contribution < -0.4 is 4.74 Å². The van der Waals surface area contributed by atoms with Gasteiger partial charge in [0.2, 0.25) is 0 Å². The van der Waals surface area contributed by atoms with Crippen LogP contribution in [0.1, 0.15) is 33.2 Å². The molecule has 5 nitrogen and oxygen atoms in total. The Kier molecular flexibility index (Phi) is 8.07. The van der Waals surface area contributed by atoms with Crippen molar-refractivity contribution in [2.24, 2.45) is 0 Å². The van der Waals surface area contributed by atoms with E-state index < -0.39 is 11.6 Å². The van der Waals surface area contributed by atoms with Gasteiger partial charge in [0.15, 0.2) is 0 Å². The number of aromatic nitrogens is 1. The van der Waals surface area contributed by atoms with Crippen LogP contribution in [-0.4, -0.2) is 53.6 Å². The SMILES string of the molecule is COc1ccc(-c2cc(C(=O)N3CCN(C(c4ccccc4)c4ccccc4)CC3)c(C)n2-c2ccc(F)cc2F)cc1. The van der Waals surface area contributed by atoms with Gasteiger partial charge in [0.25, 0.3) is 5.91 Å². The normalized spacial score (nSPS) is 13.8. The zero-order valence-electron chi connectivity index (χ0n) is 24.2. The highest BCUT2D eigenvalue weighted by atomic mass is 19.1. The van der Waals surface area contributed by atoms with Crippen LogP contribution in [0.25, 0.3) is 16.9 Å². The molecule has 0 bridgehead atoms. The second-order valence-corrected chi connectivity index (χ2v) is 10.7. The van der Waals surface area contributed by atoms with Crippen molar-refractivity contribution in [2.45, 2.75) is 13.0 Å². The molecule has 218 valence electrons. The first-order chi connectivity index (χ1) is 20.9. The molecule has 0 N–H and O–H groups in total. The van der Waals surface area contributed by atoms with Crippen molar-refractivity contribution in [1.29, 1.82) is 0 Å². The Morgan fingerprint density at radius 2 is 1.37 bits per heavy atom. The zero-order valence-corrected chi connectivity index (χ0v) is 24.2. The Balaban J connectivity index is 1.30. The molecule has 43 heavy (non-hydrogen) atoms. The number of hydrogen-bond donors (Lipinski definition) is 0. The highest BCUT2D eigenvalue weighted by molar-refractivity contribution is 5.97. The Morgan fingerprint density at radius 1 is 0.767 bits per heavy atom. The largest absolute Gasteiger partial charge is 0.497 e. The van der Waals surface area contributed by atoms with Gasteiger partial charge in [-0.3, -0.25) is 9.69 Å². The van der Waals surface area contributed by atoms with Crippen LogP contribution >= 0.6 is 0 Å². The van der Waals surface area contributed by atoms with Crippen LogP contribution in [-0.2, 0) is 0 Å². The second kappa shape index (κ2) is 12.2. The number of ether oxygens (including phenoxy) is 1. The van der Waals surface area contributed by atoms with E-state index in [0.717, 1.165) is 11.6 Å². The maximum atomic E-state index is 15.1. The van der Waals surface area contributed by atoms with E-state index in [0.29, 0.717) is 48.9 Å². The van der Waals surface area contributed by atoms with E-state index in [1.165, 1.54) is 23.3 Å². The van der Waals surface area contributed by atoms with Gasteiger partial charge in [0.1, 0.15) is 17.4 Å². The number of halogens is 2. The van der Waals surface area contributed by atoms with Crippen LogP contribution in [0.5, 0.6) is 5.75 Å². The standard InChI is InChI=1S/C36H33F2N3O2/c1-25-31(24-34(26-13-16-30(43-2)17-14-26)41(25)33-18-15-29(37)23-32(33)38)36(42)40-21-19-39(20-22-40)35(27-9-5-3-6-10-27)28-11-7-4-8-12-28/h3-18,23-24,35H,19-22H2,1-2H3. The average molecular weight is 578 g/mol. The summed E-state index contributed by atoms with van der Waals surface area (Å²) < 4.78 is 35.9. The lowest BCUT2D eigenvalue weighted by molar-refractivity contribution is 0.0596. The number of carbonyl (C=O) groups excluding carboxylic acids is 1. The van der Waals surface area contributed by atoms with Crippen molar-refractivity contribution in [3.05, 3.63) is 143 Å².